The van der Waals surface area contributed by atoms with Gasteiger partial charge >= 0.3 is 0 Å². The number of ether oxygens (including phenoxy) is 1. The van der Waals surface area contributed by atoms with Gasteiger partial charge in [0.05, 0.1) is 30.0 Å². The molecule has 0 radical (unpaired) electrons. The van der Waals surface area contributed by atoms with Crippen molar-refractivity contribution in [2.75, 3.05) is 12.4 Å². The number of halogens is 2. The standard InChI is InChI=1S/C25H30FIN4O2/c1-15(27)16-8-10-18(11-9-16)31-14-17-12-21(22(33-4)13-20(17)30-31)29-24(32)19-6-5-7-23(28-19)25(2,3)26/h5-7,12-16,18H,8-11H2,1-4H3,(H,29,32). The summed E-state index contributed by atoms with van der Waals surface area (Å²) in [5, 5.41) is 8.60. The smallest absolute Gasteiger partial charge is 0.274 e. The fourth-order valence-electron chi connectivity index (χ4n) is 4.43. The van der Waals surface area contributed by atoms with Crippen LogP contribution in [0.25, 0.3) is 10.9 Å². The number of rotatable bonds is 6. The highest BCUT2D eigenvalue weighted by atomic mass is 127. The first-order valence-corrected chi connectivity index (χ1v) is 12.6. The highest BCUT2D eigenvalue weighted by molar-refractivity contribution is 14.1. The van der Waals surface area contributed by atoms with Gasteiger partial charge in [-0.1, -0.05) is 35.6 Å². The van der Waals surface area contributed by atoms with E-state index in [1.807, 2.05) is 18.3 Å². The van der Waals surface area contributed by atoms with Crippen LogP contribution in [-0.4, -0.2) is 31.7 Å². The lowest BCUT2D eigenvalue weighted by atomic mass is 9.84. The van der Waals surface area contributed by atoms with Gasteiger partial charge < -0.3 is 10.1 Å². The molecule has 1 aliphatic rings. The number of carbonyl (C=O) groups is 1. The number of fused-ring (bicyclic) bond motifs is 1. The zero-order valence-corrected chi connectivity index (χ0v) is 21.6. The van der Waals surface area contributed by atoms with E-state index in [4.69, 9.17) is 9.84 Å². The van der Waals surface area contributed by atoms with Gasteiger partial charge in [0.25, 0.3) is 5.91 Å². The molecule has 1 fully saturated rings. The Kier molecular flexibility index (Phi) is 6.93. The number of amides is 1. The Morgan fingerprint density at radius 1 is 1.27 bits per heavy atom. The number of pyridine rings is 1. The molecule has 0 spiro atoms. The molecule has 2 aromatic heterocycles. The summed E-state index contributed by atoms with van der Waals surface area (Å²) in [4.78, 5) is 17.1. The van der Waals surface area contributed by atoms with Gasteiger partial charge in [-0.3, -0.25) is 9.48 Å². The number of alkyl halides is 2. The molecule has 0 aliphatic heterocycles. The lowest BCUT2D eigenvalue weighted by Gasteiger charge is -2.30. The third-order valence-corrected chi connectivity index (χ3v) is 7.46. The summed E-state index contributed by atoms with van der Waals surface area (Å²) < 4.78 is 22.6. The van der Waals surface area contributed by atoms with Crippen LogP contribution in [0.2, 0.25) is 0 Å². The molecule has 0 bridgehead atoms. The molecule has 33 heavy (non-hydrogen) atoms. The number of hydrogen-bond donors (Lipinski definition) is 1. The van der Waals surface area contributed by atoms with Crippen molar-refractivity contribution in [2.45, 2.75) is 62.1 Å². The van der Waals surface area contributed by atoms with Crippen molar-refractivity contribution in [3.63, 3.8) is 0 Å². The van der Waals surface area contributed by atoms with E-state index in [1.54, 1.807) is 25.3 Å². The van der Waals surface area contributed by atoms with Crippen molar-refractivity contribution >= 4 is 45.1 Å². The first kappa shape index (κ1) is 23.9. The van der Waals surface area contributed by atoms with E-state index in [9.17, 15) is 9.18 Å². The van der Waals surface area contributed by atoms with Crippen molar-refractivity contribution in [1.29, 1.82) is 0 Å². The molecule has 1 atom stereocenters. The van der Waals surface area contributed by atoms with E-state index in [1.165, 1.54) is 26.7 Å². The van der Waals surface area contributed by atoms with Crippen LogP contribution in [0, 0.1) is 5.92 Å². The molecule has 1 unspecified atom stereocenters. The minimum absolute atomic E-state index is 0.150. The van der Waals surface area contributed by atoms with Crippen molar-refractivity contribution in [3.8, 4) is 5.75 Å². The van der Waals surface area contributed by atoms with Gasteiger partial charge in [0.1, 0.15) is 17.1 Å². The van der Waals surface area contributed by atoms with Crippen molar-refractivity contribution in [2.24, 2.45) is 5.92 Å². The molecule has 3 aromatic rings. The summed E-state index contributed by atoms with van der Waals surface area (Å²) in [7, 11) is 1.56. The molecular weight excluding hydrogens is 534 g/mol. The minimum atomic E-state index is -1.63. The molecule has 4 rings (SSSR count). The van der Waals surface area contributed by atoms with Gasteiger partial charge in [0, 0.05) is 21.6 Å². The van der Waals surface area contributed by atoms with Gasteiger partial charge in [0.2, 0.25) is 0 Å². The molecule has 2 heterocycles. The van der Waals surface area contributed by atoms with Gasteiger partial charge in [0.15, 0.2) is 0 Å². The van der Waals surface area contributed by atoms with Crippen LogP contribution in [0.15, 0.2) is 36.5 Å². The van der Waals surface area contributed by atoms with E-state index in [2.05, 4.69) is 44.5 Å². The van der Waals surface area contributed by atoms with Gasteiger partial charge in [-0.15, -0.1) is 0 Å². The fraction of sp³-hybridized carbons (Fsp3) is 0.480. The Morgan fingerprint density at radius 2 is 2.00 bits per heavy atom. The van der Waals surface area contributed by atoms with Crippen LogP contribution in [0.5, 0.6) is 5.75 Å². The van der Waals surface area contributed by atoms with Crippen LogP contribution in [-0.2, 0) is 5.67 Å². The Bertz CT molecular complexity index is 1150. The van der Waals surface area contributed by atoms with Crippen LogP contribution < -0.4 is 10.1 Å². The predicted molar refractivity (Wildman–Crippen MR) is 137 cm³/mol. The summed E-state index contributed by atoms with van der Waals surface area (Å²) in [5.74, 6) is 0.881. The molecule has 6 nitrogen and oxygen atoms in total. The third-order valence-electron chi connectivity index (χ3n) is 6.45. The second kappa shape index (κ2) is 9.56. The number of carbonyl (C=O) groups excluding carboxylic acids is 1. The maximum absolute atomic E-state index is 14.3. The third kappa shape index (κ3) is 5.31. The van der Waals surface area contributed by atoms with Crippen molar-refractivity contribution in [1.82, 2.24) is 14.8 Å². The molecule has 1 N–H and O–H groups in total. The average Bonchev–Trinajstić information content (AvgIpc) is 3.21. The summed E-state index contributed by atoms with van der Waals surface area (Å²) in [6, 6.07) is 8.89. The monoisotopic (exact) mass is 564 g/mol. The number of nitrogens with one attached hydrogen (secondary N) is 1. The summed E-state index contributed by atoms with van der Waals surface area (Å²) in [5.41, 5.74) is 0.0927. The van der Waals surface area contributed by atoms with E-state index < -0.39 is 11.6 Å². The highest BCUT2D eigenvalue weighted by Crippen LogP contribution is 2.37. The number of benzene rings is 1. The number of anilines is 1. The topological polar surface area (TPSA) is 69.0 Å². The summed E-state index contributed by atoms with van der Waals surface area (Å²) >= 11 is 2.53. The average molecular weight is 564 g/mol. The number of aromatic nitrogens is 3. The fourth-order valence-corrected chi connectivity index (χ4v) is 5.15. The second-order valence-corrected chi connectivity index (χ2v) is 11.3. The summed E-state index contributed by atoms with van der Waals surface area (Å²) in [6.45, 7) is 5.13. The Balaban J connectivity index is 1.56. The van der Waals surface area contributed by atoms with Gasteiger partial charge in [-0.2, -0.15) is 5.10 Å². The van der Waals surface area contributed by atoms with E-state index >= 15 is 0 Å². The van der Waals surface area contributed by atoms with Crippen LogP contribution in [0.1, 0.15) is 68.7 Å². The highest BCUT2D eigenvalue weighted by Gasteiger charge is 2.26. The molecule has 0 saturated heterocycles. The number of nitrogens with zero attached hydrogens (tertiary/aromatic N) is 3. The maximum Gasteiger partial charge on any atom is 0.274 e. The largest absolute Gasteiger partial charge is 0.494 e. The SMILES string of the molecule is COc1cc2nn(C3CCC(C(C)I)CC3)cc2cc1NC(=O)c1cccc(C(C)(C)F)n1. The zero-order chi connectivity index (χ0) is 23.8. The van der Waals surface area contributed by atoms with Crippen LogP contribution in [0.3, 0.4) is 0 Å². The molecule has 1 saturated carbocycles. The molecule has 1 amide bonds. The Morgan fingerprint density at radius 3 is 2.64 bits per heavy atom. The van der Waals surface area contributed by atoms with Gasteiger partial charge in [-0.05, 0) is 63.6 Å². The molecule has 176 valence electrons. The van der Waals surface area contributed by atoms with E-state index in [0.29, 0.717) is 21.4 Å². The first-order chi connectivity index (χ1) is 15.7. The molecule has 8 heteroatoms. The molecular formula is C25H30FIN4O2. The number of methoxy groups -OCH3 is 1. The Labute approximate surface area is 207 Å². The quantitative estimate of drug-likeness (QED) is 0.276. The molecule has 1 aliphatic carbocycles. The van der Waals surface area contributed by atoms with Crippen molar-refractivity contribution in [3.05, 3.63) is 47.9 Å². The normalized spacial score (nSPS) is 19.9. The van der Waals surface area contributed by atoms with Crippen LogP contribution in [0.4, 0.5) is 10.1 Å². The van der Waals surface area contributed by atoms with Crippen molar-refractivity contribution < 1.29 is 13.9 Å². The lowest BCUT2D eigenvalue weighted by Crippen LogP contribution is -2.22. The van der Waals surface area contributed by atoms with Crippen LogP contribution >= 0.6 is 22.6 Å². The first-order valence-electron chi connectivity index (χ1n) is 11.3. The van der Waals surface area contributed by atoms with Gasteiger partial charge in [-0.25, -0.2) is 9.37 Å². The second-order valence-electron chi connectivity index (χ2n) is 9.30. The Hall–Kier alpha value is -2.23. The van der Waals surface area contributed by atoms with E-state index in [0.717, 1.165) is 29.7 Å². The molecule has 1 aromatic carbocycles. The summed E-state index contributed by atoms with van der Waals surface area (Å²) in [6.07, 6.45) is 6.74. The maximum atomic E-state index is 14.3. The lowest BCUT2D eigenvalue weighted by molar-refractivity contribution is 0.102. The predicted octanol–water partition coefficient (Wildman–Crippen LogP) is 6.45. The van der Waals surface area contributed by atoms with E-state index in [-0.39, 0.29) is 11.4 Å². The minimum Gasteiger partial charge on any atom is -0.494 e. The zero-order valence-electron chi connectivity index (χ0n) is 19.4. The number of hydrogen-bond acceptors (Lipinski definition) is 4.